The number of aliphatic carboxylic acids is 1. The number of aryl methyl sites for hydroxylation is 1. The van der Waals surface area contributed by atoms with Gasteiger partial charge in [0, 0.05) is 17.6 Å². The highest BCUT2D eigenvalue weighted by molar-refractivity contribution is 9.10. The highest BCUT2D eigenvalue weighted by atomic mass is 79.9. The van der Waals surface area contributed by atoms with Gasteiger partial charge in [-0.1, -0.05) is 28.1 Å². The first-order valence-electron chi connectivity index (χ1n) is 6.63. The van der Waals surface area contributed by atoms with E-state index >= 15 is 0 Å². The smallest absolute Gasteiger partial charge is 0.305 e. The van der Waals surface area contributed by atoms with Crippen molar-refractivity contribution in [1.29, 1.82) is 0 Å². The number of rotatable bonds is 6. The second kappa shape index (κ2) is 7.22. The average Bonchev–Trinajstić information content (AvgIpc) is 2.88. The molecule has 0 aliphatic heterocycles. The van der Waals surface area contributed by atoms with E-state index in [9.17, 15) is 9.59 Å². The van der Waals surface area contributed by atoms with Gasteiger partial charge in [0.15, 0.2) is 6.39 Å². The van der Waals surface area contributed by atoms with Gasteiger partial charge in [0.2, 0.25) is 5.76 Å². The fourth-order valence-electron chi connectivity index (χ4n) is 1.99. The molecule has 1 heterocycles. The van der Waals surface area contributed by atoms with Gasteiger partial charge >= 0.3 is 5.97 Å². The first-order chi connectivity index (χ1) is 10.5. The molecule has 0 saturated carbocycles. The molecule has 116 valence electrons. The van der Waals surface area contributed by atoms with Crippen LogP contribution in [0.15, 0.2) is 39.5 Å². The van der Waals surface area contributed by atoms with Crippen molar-refractivity contribution >= 4 is 27.8 Å². The molecule has 1 aromatic carbocycles. The summed E-state index contributed by atoms with van der Waals surface area (Å²) in [5.74, 6) is -1.18. The number of hydrogen-bond acceptors (Lipinski definition) is 4. The van der Waals surface area contributed by atoms with E-state index in [1.165, 1.54) is 11.3 Å². The fourth-order valence-corrected chi connectivity index (χ4v) is 2.44. The Morgan fingerprint density at radius 1 is 1.41 bits per heavy atom. The van der Waals surface area contributed by atoms with E-state index < -0.39 is 5.97 Å². The van der Waals surface area contributed by atoms with Crippen LogP contribution in [0.5, 0.6) is 0 Å². The molecular formula is C15H15BrN2O4. The second-order valence-electron chi connectivity index (χ2n) is 4.77. The molecule has 2 aromatic rings. The van der Waals surface area contributed by atoms with E-state index in [0.29, 0.717) is 12.2 Å². The van der Waals surface area contributed by atoms with Crippen molar-refractivity contribution in [2.75, 3.05) is 6.54 Å². The number of oxazole rings is 1. The molecule has 1 aromatic heterocycles. The summed E-state index contributed by atoms with van der Waals surface area (Å²) in [6.07, 6.45) is 1.07. The summed E-state index contributed by atoms with van der Waals surface area (Å²) in [5, 5.41) is 8.86. The van der Waals surface area contributed by atoms with Crippen LogP contribution >= 0.6 is 15.9 Å². The van der Waals surface area contributed by atoms with Crippen LogP contribution in [0.4, 0.5) is 0 Å². The molecule has 22 heavy (non-hydrogen) atoms. The van der Waals surface area contributed by atoms with Gasteiger partial charge in [-0.05, 0) is 24.6 Å². The lowest BCUT2D eigenvalue weighted by molar-refractivity contribution is -0.137. The molecule has 0 bridgehead atoms. The van der Waals surface area contributed by atoms with Gasteiger partial charge in [-0.25, -0.2) is 4.98 Å². The zero-order chi connectivity index (χ0) is 16.1. The van der Waals surface area contributed by atoms with Crippen molar-refractivity contribution in [2.24, 2.45) is 0 Å². The summed E-state index contributed by atoms with van der Waals surface area (Å²) >= 11 is 3.38. The van der Waals surface area contributed by atoms with E-state index in [2.05, 4.69) is 20.9 Å². The van der Waals surface area contributed by atoms with Crippen molar-refractivity contribution in [1.82, 2.24) is 9.88 Å². The summed E-state index contributed by atoms with van der Waals surface area (Å²) in [6, 6.07) is 7.50. The predicted molar refractivity (Wildman–Crippen MR) is 82.4 cm³/mol. The fraction of sp³-hybridized carbons (Fsp3) is 0.267. The van der Waals surface area contributed by atoms with Crippen LogP contribution in [-0.4, -0.2) is 33.4 Å². The minimum atomic E-state index is -0.957. The van der Waals surface area contributed by atoms with Crippen LogP contribution in [0.25, 0.3) is 0 Å². The van der Waals surface area contributed by atoms with Crippen molar-refractivity contribution < 1.29 is 19.1 Å². The van der Waals surface area contributed by atoms with Gasteiger partial charge < -0.3 is 14.4 Å². The third-order valence-corrected chi connectivity index (χ3v) is 3.58. The topological polar surface area (TPSA) is 83.6 Å². The SMILES string of the molecule is Cc1ncoc1C(=O)N(CCC(=O)O)Cc1cccc(Br)c1. The first kappa shape index (κ1) is 16.2. The first-order valence-corrected chi connectivity index (χ1v) is 7.42. The molecule has 2 rings (SSSR count). The molecule has 0 spiro atoms. The number of benzene rings is 1. The zero-order valence-electron chi connectivity index (χ0n) is 12.0. The standard InChI is InChI=1S/C15H15BrN2O4/c1-10-14(22-9-17-10)15(21)18(6-5-13(19)20)8-11-3-2-4-12(16)7-11/h2-4,7,9H,5-6,8H2,1H3,(H,19,20). The molecule has 0 atom stereocenters. The Labute approximate surface area is 135 Å². The Morgan fingerprint density at radius 2 is 2.18 bits per heavy atom. The number of carboxylic acid groups (broad SMARTS) is 1. The summed E-state index contributed by atoms with van der Waals surface area (Å²) in [4.78, 5) is 28.7. The number of amides is 1. The Bertz CT molecular complexity index is 684. The number of carboxylic acids is 1. The van der Waals surface area contributed by atoms with E-state index in [-0.39, 0.29) is 24.6 Å². The van der Waals surface area contributed by atoms with Crippen molar-refractivity contribution in [2.45, 2.75) is 19.9 Å². The second-order valence-corrected chi connectivity index (χ2v) is 5.68. The predicted octanol–water partition coefficient (Wildman–Crippen LogP) is 2.86. The molecule has 0 aliphatic rings. The molecule has 0 radical (unpaired) electrons. The lowest BCUT2D eigenvalue weighted by Gasteiger charge is -2.21. The lowest BCUT2D eigenvalue weighted by atomic mass is 10.2. The van der Waals surface area contributed by atoms with Gasteiger partial charge in [-0.3, -0.25) is 9.59 Å². The van der Waals surface area contributed by atoms with Crippen LogP contribution < -0.4 is 0 Å². The minimum Gasteiger partial charge on any atom is -0.481 e. The number of halogens is 1. The van der Waals surface area contributed by atoms with Crippen LogP contribution in [0.2, 0.25) is 0 Å². The van der Waals surface area contributed by atoms with Gasteiger partial charge in [0.05, 0.1) is 12.1 Å². The van der Waals surface area contributed by atoms with Crippen LogP contribution in [0, 0.1) is 6.92 Å². The van der Waals surface area contributed by atoms with Gasteiger partial charge in [-0.2, -0.15) is 0 Å². The number of nitrogens with zero attached hydrogens (tertiary/aromatic N) is 2. The van der Waals surface area contributed by atoms with Gasteiger partial charge in [0.1, 0.15) is 0 Å². The maximum Gasteiger partial charge on any atom is 0.305 e. The number of carbonyl (C=O) groups excluding carboxylic acids is 1. The third-order valence-electron chi connectivity index (χ3n) is 3.09. The lowest BCUT2D eigenvalue weighted by Crippen LogP contribution is -2.32. The van der Waals surface area contributed by atoms with Gasteiger partial charge in [-0.15, -0.1) is 0 Å². The monoisotopic (exact) mass is 366 g/mol. The van der Waals surface area contributed by atoms with Crippen molar-refractivity contribution in [3.05, 3.63) is 52.1 Å². The number of aromatic nitrogens is 1. The quantitative estimate of drug-likeness (QED) is 0.849. The van der Waals surface area contributed by atoms with E-state index in [0.717, 1.165) is 10.0 Å². The number of carbonyl (C=O) groups is 2. The third kappa shape index (κ3) is 4.17. The summed E-state index contributed by atoms with van der Waals surface area (Å²) in [6.45, 7) is 2.07. The Hall–Kier alpha value is -2.15. The summed E-state index contributed by atoms with van der Waals surface area (Å²) in [5.41, 5.74) is 1.38. The summed E-state index contributed by atoms with van der Waals surface area (Å²) < 4.78 is 6.01. The highest BCUT2D eigenvalue weighted by Gasteiger charge is 2.22. The molecule has 0 unspecified atom stereocenters. The van der Waals surface area contributed by atoms with Crippen molar-refractivity contribution in [3.8, 4) is 0 Å². The molecule has 6 nitrogen and oxygen atoms in total. The Morgan fingerprint density at radius 3 is 2.77 bits per heavy atom. The number of hydrogen-bond donors (Lipinski definition) is 1. The molecule has 1 amide bonds. The minimum absolute atomic E-state index is 0.0980. The van der Waals surface area contributed by atoms with Crippen LogP contribution in [-0.2, 0) is 11.3 Å². The largest absolute Gasteiger partial charge is 0.481 e. The van der Waals surface area contributed by atoms with Gasteiger partial charge in [0.25, 0.3) is 5.91 Å². The molecular weight excluding hydrogens is 352 g/mol. The molecule has 0 fully saturated rings. The van der Waals surface area contributed by atoms with Crippen molar-refractivity contribution in [3.63, 3.8) is 0 Å². The highest BCUT2D eigenvalue weighted by Crippen LogP contribution is 2.16. The zero-order valence-corrected chi connectivity index (χ0v) is 13.5. The normalized spacial score (nSPS) is 10.5. The van der Waals surface area contributed by atoms with E-state index in [1.54, 1.807) is 6.92 Å². The maximum absolute atomic E-state index is 12.5. The molecule has 0 aliphatic carbocycles. The Balaban J connectivity index is 2.20. The average molecular weight is 367 g/mol. The van der Waals surface area contributed by atoms with Crippen LogP contribution in [0.3, 0.4) is 0 Å². The molecule has 1 N–H and O–H groups in total. The molecule has 0 saturated heterocycles. The van der Waals surface area contributed by atoms with Crippen LogP contribution in [0.1, 0.15) is 28.2 Å². The van der Waals surface area contributed by atoms with E-state index in [1.807, 2.05) is 24.3 Å². The Kier molecular flexibility index (Phi) is 5.32. The maximum atomic E-state index is 12.5. The van der Waals surface area contributed by atoms with E-state index in [4.69, 9.17) is 9.52 Å². The summed E-state index contributed by atoms with van der Waals surface area (Å²) in [7, 11) is 0. The molecule has 7 heteroatoms.